The van der Waals surface area contributed by atoms with E-state index in [-0.39, 0.29) is 48.4 Å². The minimum absolute atomic E-state index is 0.174. The van der Waals surface area contributed by atoms with Crippen LogP contribution in [0.25, 0.3) is 22.3 Å². The van der Waals surface area contributed by atoms with Gasteiger partial charge in [-0.05, 0) is 232 Å². The lowest BCUT2D eigenvalue weighted by molar-refractivity contribution is -0.387. The van der Waals surface area contributed by atoms with Gasteiger partial charge in [0.1, 0.15) is 17.5 Å². The van der Waals surface area contributed by atoms with Gasteiger partial charge in [0.15, 0.2) is 34.5 Å². The highest BCUT2D eigenvalue weighted by Gasteiger charge is 2.50. The molecule has 8 aromatic carbocycles. The van der Waals surface area contributed by atoms with Gasteiger partial charge < -0.3 is 68.3 Å². The lowest BCUT2D eigenvalue weighted by Gasteiger charge is -2.45. The number of aldehydes is 1. The third kappa shape index (κ3) is 19.8. The van der Waals surface area contributed by atoms with Gasteiger partial charge in [0.05, 0.1) is 39.0 Å². The number of nitrogens with zero attached hydrogens (tertiary/aromatic N) is 9. The molecule has 121 heavy (non-hydrogen) atoms. The summed E-state index contributed by atoms with van der Waals surface area (Å²) in [4.78, 5) is 68.6. The van der Waals surface area contributed by atoms with Gasteiger partial charge >= 0.3 is 25.0 Å². The first-order valence-corrected chi connectivity index (χ1v) is 41.8. The number of nitro groups is 1. The summed E-state index contributed by atoms with van der Waals surface area (Å²) in [5.41, 5.74) is 11.1. The van der Waals surface area contributed by atoms with Crippen molar-refractivity contribution < 1.29 is 57.4 Å². The molecule has 0 spiro atoms. The molecule has 3 unspecified atom stereocenters. The zero-order chi connectivity index (χ0) is 84.5. The van der Waals surface area contributed by atoms with Gasteiger partial charge in [-0.2, -0.15) is 4.39 Å². The predicted molar refractivity (Wildman–Crippen MR) is 469 cm³/mol. The number of anilines is 6. The molecule has 12 heterocycles. The quantitative estimate of drug-likeness (QED) is 0.0526. The number of rotatable bonds is 9. The second-order valence-corrected chi connectivity index (χ2v) is 34.0. The van der Waals surface area contributed by atoms with E-state index in [1.165, 1.54) is 55.4 Å². The van der Waals surface area contributed by atoms with E-state index >= 15 is 0 Å². The number of halogens is 2. The summed E-state index contributed by atoms with van der Waals surface area (Å²) in [5.74, 6) is 4.43. The van der Waals surface area contributed by atoms with Crippen LogP contribution in [0.2, 0.25) is 5.02 Å². The van der Waals surface area contributed by atoms with Crippen molar-refractivity contribution in [1.82, 2.24) is 30.1 Å². The molecule has 0 aliphatic carbocycles. The predicted octanol–water partition coefficient (Wildman–Crippen LogP) is 20.6. The van der Waals surface area contributed by atoms with E-state index in [4.69, 9.17) is 45.3 Å². The SMILES string of the molecule is CC(C)(C)OC(=O)N1[C@@H]2CC[C@H]1CC(N1c3ccccc3Oc3cc(-c4cccnc4)ccc31)C2.CC(C)(C)OC(=O)N1[C@@H]2CC[C@H]1CC(N1c3ccccc3Oc3cc(Cl)ccc31)C2.O=CCc1ccccc1.O=[N+]([O-])c1ccccc1F.OB(O)c1cccnc1.c1cncc(-c2ccc3c(c2)Oc2ccccc2N3C2C[C@H]3CC[C@@H](C2)N3)c1. The van der Waals surface area contributed by atoms with Crippen LogP contribution in [0.3, 0.4) is 0 Å². The van der Waals surface area contributed by atoms with E-state index in [1.54, 1.807) is 24.5 Å². The molecule has 3 aromatic heterocycles. The van der Waals surface area contributed by atoms with Crippen molar-refractivity contribution in [3.8, 4) is 56.8 Å². The smallest absolute Gasteiger partial charge is 0.453 e. The van der Waals surface area contributed by atoms with Crippen LogP contribution in [-0.4, -0.2) is 131 Å². The van der Waals surface area contributed by atoms with Gasteiger partial charge in [-0.15, -0.1) is 0 Å². The number of hydrogen-bond donors (Lipinski definition) is 3. The average molecular weight is 1650 g/mol. The largest absolute Gasteiger partial charge is 0.490 e. The molecule has 3 N–H and O–H groups in total. The van der Waals surface area contributed by atoms with E-state index < -0.39 is 34.7 Å². The van der Waals surface area contributed by atoms with E-state index in [0.717, 1.165) is 155 Å². The zero-order valence-corrected chi connectivity index (χ0v) is 69.3. The maximum atomic E-state index is 13.0. The van der Waals surface area contributed by atoms with Gasteiger partial charge in [0, 0.05) is 132 Å². The Morgan fingerprint density at radius 2 is 0.868 bits per heavy atom. The number of fused-ring (bicyclic) bond motifs is 12. The molecular formula is C96H99BClFN10O12. The first-order valence-electron chi connectivity index (χ1n) is 41.5. The summed E-state index contributed by atoms with van der Waals surface area (Å²) in [5, 5.41) is 31.5. The first kappa shape index (κ1) is 83.8. The second kappa shape index (κ2) is 37.2. The lowest BCUT2D eigenvalue weighted by Crippen LogP contribution is -2.53. The van der Waals surface area contributed by atoms with E-state index in [2.05, 4.69) is 126 Å². The minimum atomic E-state index is -1.40. The summed E-state index contributed by atoms with van der Waals surface area (Å²) in [7, 11) is -1.40. The Morgan fingerprint density at radius 1 is 0.479 bits per heavy atom. The summed E-state index contributed by atoms with van der Waals surface area (Å²) in [6.45, 7) is 11.6. The Morgan fingerprint density at radius 3 is 1.25 bits per heavy atom. The number of nitrogens with one attached hydrogen (secondary N) is 1. The van der Waals surface area contributed by atoms with Gasteiger partial charge in [-0.3, -0.25) is 25.1 Å². The number of aromatic nitrogens is 3. The second-order valence-electron chi connectivity index (χ2n) is 33.6. The van der Waals surface area contributed by atoms with Crippen LogP contribution in [0.15, 0.2) is 256 Å². The van der Waals surface area contributed by atoms with Crippen LogP contribution in [0.1, 0.15) is 124 Å². The number of carbonyl (C=O) groups excluding carboxylic acids is 3. The number of benzene rings is 8. The number of pyridine rings is 3. The highest BCUT2D eigenvalue weighted by Crippen LogP contribution is 2.55. The van der Waals surface area contributed by atoms with Crippen LogP contribution >= 0.6 is 11.6 Å². The minimum Gasteiger partial charge on any atom is -0.453 e. The maximum Gasteiger partial charge on any atom is 0.490 e. The molecule has 9 aliphatic heterocycles. The van der Waals surface area contributed by atoms with Gasteiger partial charge in [-0.1, -0.05) is 121 Å². The molecule has 2 amide bonds. The number of nitro benzene ring substituents is 1. The Hall–Kier alpha value is -12.2. The molecular weight excluding hydrogens is 1550 g/mol. The summed E-state index contributed by atoms with van der Waals surface area (Å²) >= 11 is 6.24. The van der Waals surface area contributed by atoms with Crippen LogP contribution in [0, 0.1) is 15.9 Å². The summed E-state index contributed by atoms with van der Waals surface area (Å²) < 4.78 is 42.8. The fraction of sp³-hybridized carbons (Fsp3) is 0.312. The maximum absolute atomic E-state index is 13.0. The summed E-state index contributed by atoms with van der Waals surface area (Å²) in [6, 6.07) is 72.8. The molecule has 9 aliphatic rings. The Kier molecular flexibility index (Phi) is 25.8. The number of amides is 2. The zero-order valence-electron chi connectivity index (χ0n) is 68.5. The van der Waals surface area contributed by atoms with Crippen molar-refractivity contribution in [3.05, 3.63) is 282 Å². The van der Waals surface area contributed by atoms with Crippen molar-refractivity contribution in [2.24, 2.45) is 0 Å². The number of para-hydroxylation sites is 7. The van der Waals surface area contributed by atoms with Gasteiger partial charge in [0.25, 0.3) is 0 Å². The van der Waals surface area contributed by atoms with E-state index in [9.17, 15) is 28.9 Å². The number of carbonyl (C=O) groups is 3. The molecule has 0 radical (unpaired) electrons. The number of piperidine rings is 3. The normalized spacial score (nSPS) is 20.6. The molecule has 6 bridgehead atoms. The molecule has 11 aromatic rings. The van der Waals surface area contributed by atoms with Gasteiger partial charge in [-0.25, -0.2) is 9.59 Å². The molecule has 20 rings (SSSR count). The molecule has 22 nitrogen and oxygen atoms in total. The van der Waals surface area contributed by atoms with E-state index in [0.29, 0.717) is 35.0 Å². The molecule has 25 heteroatoms. The topological polar surface area (TPSA) is 248 Å². The highest BCUT2D eigenvalue weighted by atomic mass is 35.5. The van der Waals surface area contributed by atoms with Crippen LogP contribution in [0.5, 0.6) is 34.5 Å². The average Bonchev–Trinajstić information content (AvgIpc) is 1.74. The summed E-state index contributed by atoms with van der Waals surface area (Å²) in [6.07, 6.45) is 24.2. The lowest BCUT2D eigenvalue weighted by atomic mass is 9.82. The van der Waals surface area contributed by atoms with Gasteiger partial charge in [0.2, 0.25) is 5.82 Å². The van der Waals surface area contributed by atoms with Crippen molar-refractivity contribution >= 4 is 82.5 Å². The molecule has 0 saturated carbocycles. The number of hydrogen-bond acceptors (Lipinski definition) is 19. The third-order valence-electron chi connectivity index (χ3n) is 23.0. The van der Waals surface area contributed by atoms with E-state index in [1.807, 2.05) is 161 Å². The fourth-order valence-electron chi connectivity index (χ4n) is 18.0. The molecule has 6 fully saturated rings. The van der Waals surface area contributed by atoms with Crippen molar-refractivity contribution in [1.29, 1.82) is 0 Å². The van der Waals surface area contributed by atoms with Crippen LogP contribution in [0.4, 0.5) is 53.8 Å². The van der Waals surface area contributed by atoms with Crippen LogP contribution < -0.4 is 39.7 Å². The standard InChI is InChI=1S/C29H31N3O3.C24H27ClN2O3.C24H23N3O.C8H8O.C6H4FNO2.C5H6BNO2/c1-29(2,3)35-28(33)31-21-11-12-22(31)17-23(16-21)32-24-8-4-5-9-26(24)34-27-15-19(10-13-25(27)32)20-7-6-14-30-18-20;1-24(2,3)30-23(28)26-16-9-10-17(26)14-18(13-16)27-19-6-4-5-7-21(19)29-22-12-15(25)8-11-20(22)27;1-2-6-23-21(5-1)27(20-13-18-8-9-19(14-20)26-18)22-10-7-16(12-24(22)28-23)17-4-3-11-25-15-17;9-7-6-8-4-2-1-3-5-8;7-5-3-1-2-4-6(5)8(9)10;8-6(9)5-2-1-3-7-4-5/h4-10,13-15,18,21-23H,11-12,16-17H2,1-3H3;4-8,11-12,16-18H,9-10,13-14H2,1-3H3;1-7,10-12,15,18-20,26H,8-9,13-14H2;1-5,7H,6H2;1-4H;1-4,8-9H/t21-,22+,23?;16-,17+,18?;18-,19+,20?;;;. The molecule has 622 valence electrons. The first-order chi connectivity index (χ1) is 58.5. The third-order valence-corrected chi connectivity index (χ3v) is 23.2. The number of ether oxygens (including phenoxy) is 5. The van der Waals surface area contributed by atoms with Crippen molar-refractivity contribution in [2.45, 2.75) is 191 Å². The Labute approximate surface area is 710 Å². The molecule has 6 saturated heterocycles. The van der Waals surface area contributed by atoms with Crippen LogP contribution in [-0.2, 0) is 20.7 Å². The Balaban J connectivity index is 0.000000122. The highest BCUT2D eigenvalue weighted by molar-refractivity contribution is 6.58. The molecule has 9 atom stereocenters. The monoisotopic (exact) mass is 1650 g/mol. The van der Waals surface area contributed by atoms with Crippen molar-refractivity contribution in [3.63, 3.8) is 0 Å². The Bertz CT molecular complexity index is 5410. The van der Waals surface area contributed by atoms with Crippen molar-refractivity contribution in [2.75, 3.05) is 14.7 Å². The fourth-order valence-corrected chi connectivity index (χ4v) is 18.1.